The van der Waals surface area contributed by atoms with Crippen molar-refractivity contribution >= 4 is 18.3 Å². The van der Waals surface area contributed by atoms with Crippen LogP contribution in [0.15, 0.2) is 6.07 Å². The highest BCUT2D eigenvalue weighted by Gasteiger charge is 2.23. The molecule has 2 unspecified atom stereocenters. The summed E-state index contributed by atoms with van der Waals surface area (Å²) < 4.78 is 0. The van der Waals surface area contributed by atoms with Crippen molar-refractivity contribution in [2.24, 2.45) is 5.92 Å². The molecule has 1 aromatic rings. The summed E-state index contributed by atoms with van der Waals surface area (Å²) in [6.45, 7) is 5.93. The topological polar surface area (TPSA) is 69.8 Å². The number of nitrogens with zero attached hydrogens (tertiary/aromatic N) is 1. The molecular weight excluding hydrogens is 240 g/mol. The Morgan fingerprint density at radius 3 is 2.94 bits per heavy atom. The van der Waals surface area contributed by atoms with E-state index >= 15 is 0 Å². The molecule has 2 rings (SSSR count). The fourth-order valence-electron chi connectivity index (χ4n) is 1.96. The monoisotopic (exact) mass is 258 g/mol. The van der Waals surface area contributed by atoms with Gasteiger partial charge in [0.05, 0.1) is 0 Å². The summed E-state index contributed by atoms with van der Waals surface area (Å²) >= 11 is 0. The number of nitrogens with one attached hydrogen (secondary N) is 3. The molecule has 1 aliphatic rings. The molecule has 1 fully saturated rings. The average Bonchev–Trinajstić information content (AvgIpc) is 2.68. The number of H-pyrrole nitrogens is 1. The molecule has 1 amide bonds. The highest BCUT2D eigenvalue weighted by atomic mass is 35.5. The molecule has 17 heavy (non-hydrogen) atoms. The van der Waals surface area contributed by atoms with Crippen LogP contribution < -0.4 is 10.6 Å². The van der Waals surface area contributed by atoms with Crippen LogP contribution in [-0.4, -0.2) is 35.2 Å². The second kappa shape index (κ2) is 6.02. The Kier molecular flexibility index (Phi) is 4.96. The number of amides is 1. The summed E-state index contributed by atoms with van der Waals surface area (Å²) in [6, 6.07) is 1.97. The van der Waals surface area contributed by atoms with Crippen molar-refractivity contribution in [3.63, 3.8) is 0 Å². The Hall–Kier alpha value is -1.07. The van der Waals surface area contributed by atoms with Crippen molar-refractivity contribution in [3.8, 4) is 0 Å². The number of carbonyl (C=O) groups is 1. The number of hydrogen-bond acceptors (Lipinski definition) is 3. The van der Waals surface area contributed by atoms with Gasteiger partial charge in [0, 0.05) is 18.3 Å². The first kappa shape index (κ1) is 14.0. The number of carbonyl (C=O) groups excluding carboxylic acids is 1. The molecule has 2 atom stereocenters. The Labute approximate surface area is 107 Å². The molecule has 1 aromatic heterocycles. The minimum absolute atomic E-state index is 0. The van der Waals surface area contributed by atoms with E-state index < -0.39 is 0 Å². The maximum atomic E-state index is 11.9. The fraction of sp³-hybridized carbons (Fsp3) is 0.636. The number of piperidine rings is 1. The minimum atomic E-state index is -0.0927. The molecule has 3 N–H and O–H groups in total. The first-order chi connectivity index (χ1) is 7.66. The first-order valence-corrected chi connectivity index (χ1v) is 5.70. The Morgan fingerprint density at radius 1 is 1.59 bits per heavy atom. The number of hydrogen-bond donors (Lipinski definition) is 3. The third-order valence-electron chi connectivity index (χ3n) is 3.08. The van der Waals surface area contributed by atoms with Gasteiger partial charge in [0.1, 0.15) is 5.69 Å². The number of aromatic nitrogens is 2. The van der Waals surface area contributed by atoms with E-state index in [1.807, 2.05) is 6.92 Å². The van der Waals surface area contributed by atoms with Gasteiger partial charge in [-0.3, -0.25) is 9.89 Å². The Morgan fingerprint density at radius 2 is 2.35 bits per heavy atom. The van der Waals surface area contributed by atoms with Gasteiger partial charge in [0.15, 0.2) is 0 Å². The molecular formula is C11H19ClN4O. The second-order valence-electron chi connectivity index (χ2n) is 4.49. The molecule has 0 saturated carbocycles. The summed E-state index contributed by atoms with van der Waals surface area (Å²) in [4.78, 5) is 11.9. The lowest BCUT2D eigenvalue weighted by molar-refractivity contribution is 0.0910. The lowest BCUT2D eigenvalue weighted by Crippen LogP contribution is -2.50. The molecule has 0 aliphatic carbocycles. The van der Waals surface area contributed by atoms with E-state index in [4.69, 9.17) is 0 Å². The van der Waals surface area contributed by atoms with Crippen molar-refractivity contribution in [1.29, 1.82) is 0 Å². The third-order valence-corrected chi connectivity index (χ3v) is 3.08. The maximum Gasteiger partial charge on any atom is 0.272 e. The van der Waals surface area contributed by atoms with Crippen LogP contribution in [0.1, 0.15) is 29.5 Å². The van der Waals surface area contributed by atoms with Crippen LogP contribution in [-0.2, 0) is 0 Å². The van der Waals surface area contributed by atoms with Gasteiger partial charge < -0.3 is 10.6 Å². The SMILES string of the molecule is Cc1cc(C(=O)NC2CNCCC2C)n[nH]1.Cl. The lowest BCUT2D eigenvalue weighted by atomic mass is 9.95. The molecule has 2 heterocycles. The molecule has 0 aromatic carbocycles. The number of aryl methyl sites for hydroxylation is 1. The normalized spacial score (nSPS) is 23.9. The first-order valence-electron chi connectivity index (χ1n) is 5.70. The number of halogens is 1. The Balaban J connectivity index is 0.00000144. The van der Waals surface area contributed by atoms with E-state index in [1.54, 1.807) is 6.07 Å². The highest BCUT2D eigenvalue weighted by Crippen LogP contribution is 2.11. The van der Waals surface area contributed by atoms with Crippen LogP contribution in [0.4, 0.5) is 0 Å². The largest absolute Gasteiger partial charge is 0.346 e. The number of rotatable bonds is 2. The molecule has 0 radical (unpaired) electrons. The molecule has 96 valence electrons. The standard InChI is InChI=1S/C11H18N4O.ClH/c1-7-3-4-12-6-10(7)13-11(16)9-5-8(2)14-15-9;/h5,7,10,12H,3-4,6H2,1-2H3,(H,13,16)(H,14,15);1H. The van der Waals surface area contributed by atoms with Gasteiger partial charge >= 0.3 is 0 Å². The average molecular weight is 259 g/mol. The van der Waals surface area contributed by atoms with E-state index in [-0.39, 0.29) is 24.4 Å². The van der Waals surface area contributed by atoms with Crippen molar-refractivity contribution in [2.75, 3.05) is 13.1 Å². The zero-order valence-corrected chi connectivity index (χ0v) is 10.9. The summed E-state index contributed by atoms with van der Waals surface area (Å²) in [5.41, 5.74) is 1.37. The van der Waals surface area contributed by atoms with Gasteiger partial charge in [-0.2, -0.15) is 5.10 Å². The summed E-state index contributed by atoms with van der Waals surface area (Å²) in [7, 11) is 0. The summed E-state index contributed by atoms with van der Waals surface area (Å²) in [5, 5.41) is 13.0. The van der Waals surface area contributed by atoms with Crippen molar-refractivity contribution < 1.29 is 4.79 Å². The highest BCUT2D eigenvalue weighted by molar-refractivity contribution is 5.92. The van der Waals surface area contributed by atoms with Crippen LogP contribution in [0.5, 0.6) is 0 Å². The van der Waals surface area contributed by atoms with E-state index in [0.29, 0.717) is 11.6 Å². The lowest BCUT2D eigenvalue weighted by Gasteiger charge is -2.29. The smallest absolute Gasteiger partial charge is 0.272 e. The van der Waals surface area contributed by atoms with Gasteiger partial charge in [-0.1, -0.05) is 6.92 Å². The van der Waals surface area contributed by atoms with Gasteiger partial charge in [-0.15, -0.1) is 12.4 Å². The molecule has 0 bridgehead atoms. The van der Waals surface area contributed by atoms with Crippen molar-refractivity contribution in [2.45, 2.75) is 26.3 Å². The van der Waals surface area contributed by atoms with Crippen LogP contribution >= 0.6 is 12.4 Å². The zero-order chi connectivity index (χ0) is 11.5. The second-order valence-corrected chi connectivity index (χ2v) is 4.49. The van der Waals surface area contributed by atoms with Crippen molar-refractivity contribution in [1.82, 2.24) is 20.8 Å². The summed E-state index contributed by atoms with van der Waals surface area (Å²) in [6.07, 6.45) is 1.10. The maximum absolute atomic E-state index is 11.9. The molecule has 5 nitrogen and oxygen atoms in total. The van der Waals surface area contributed by atoms with Crippen LogP contribution in [0, 0.1) is 12.8 Å². The van der Waals surface area contributed by atoms with Gasteiger partial charge in [0.2, 0.25) is 0 Å². The van der Waals surface area contributed by atoms with E-state index in [0.717, 1.165) is 25.2 Å². The predicted molar refractivity (Wildman–Crippen MR) is 68.5 cm³/mol. The predicted octanol–water partition coefficient (Wildman–Crippen LogP) is 0.868. The quantitative estimate of drug-likeness (QED) is 0.737. The Bertz CT molecular complexity index is 379. The van der Waals surface area contributed by atoms with E-state index in [9.17, 15) is 4.79 Å². The van der Waals surface area contributed by atoms with Crippen LogP contribution in [0.3, 0.4) is 0 Å². The van der Waals surface area contributed by atoms with Gasteiger partial charge in [-0.05, 0) is 31.9 Å². The van der Waals surface area contributed by atoms with Gasteiger partial charge in [0.25, 0.3) is 5.91 Å². The zero-order valence-electron chi connectivity index (χ0n) is 10.1. The molecule has 0 spiro atoms. The third kappa shape index (κ3) is 3.44. The minimum Gasteiger partial charge on any atom is -0.346 e. The van der Waals surface area contributed by atoms with E-state index in [1.165, 1.54) is 0 Å². The molecule has 1 saturated heterocycles. The van der Waals surface area contributed by atoms with Crippen LogP contribution in [0.2, 0.25) is 0 Å². The molecule has 6 heteroatoms. The molecule has 1 aliphatic heterocycles. The summed E-state index contributed by atoms with van der Waals surface area (Å²) in [5.74, 6) is 0.426. The fourth-order valence-corrected chi connectivity index (χ4v) is 1.96. The van der Waals surface area contributed by atoms with Gasteiger partial charge in [-0.25, -0.2) is 0 Å². The number of aromatic amines is 1. The van der Waals surface area contributed by atoms with Crippen molar-refractivity contribution in [3.05, 3.63) is 17.5 Å². The van der Waals surface area contributed by atoms with Crippen LogP contribution in [0.25, 0.3) is 0 Å². The van der Waals surface area contributed by atoms with E-state index in [2.05, 4.69) is 27.8 Å².